The summed E-state index contributed by atoms with van der Waals surface area (Å²) in [4.78, 5) is 19.5. The number of hydrogen-bond donors (Lipinski definition) is 1. The van der Waals surface area contributed by atoms with Gasteiger partial charge in [0.25, 0.3) is 0 Å². The van der Waals surface area contributed by atoms with Crippen molar-refractivity contribution in [1.29, 1.82) is 0 Å². The number of aliphatic carboxylic acids is 1. The summed E-state index contributed by atoms with van der Waals surface area (Å²) in [5, 5.41) is 7.86. The second kappa shape index (κ2) is 8.20. The van der Waals surface area contributed by atoms with E-state index in [-0.39, 0.29) is 50.4 Å². The Morgan fingerprint density at radius 2 is 1.78 bits per heavy atom. The summed E-state index contributed by atoms with van der Waals surface area (Å²) in [6, 6.07) is 0. The first-order chi connectivity index (χ1) is 3.13. The second-order valence-corrected chi connectivity index (χ2v) is 1.27. The molecule has 1 radical (unpaired) electrons. The third-order valence-corrected chi connectivity index (χ3v) is 0.400. The third-order valence-electron chi connectivity index (χ3n) is 0.400. The maximum absolute atomic E-state index is 9.87. The van der Waals surface area contributed by atoms with Gasteiger partial charge in [-0.15, -0.1) is 0 Å². The van der Waals surface area contributed by atoms with Crippen LogP contribution in [0.4, 0.5) is 0 Å². The van der Waals surface area contributed by atoms with E-state index in [2.05, 4.69) is 0 Å². The van der Waals surface area contributed by atoms with Gasteiger partial charge >= 0.3 is 5.97 Å². The Labute approximate surface area is 77.8 Å². The van der Waals surface area contributed by atoms with Crippen LogP contribution in [-0.2, 0) is 42.3 Å². The van der Waals surface area contributed by atoms with Crippen molar-refractivity contribution in [3.05, 3.63) is 0 Å². The average Bonchev–Trinajstić information content (AvgIpc) is 1.27. The monoisotopic (exact) mass is 209 g/mol. The van der Waals surface area contributed by atoms with Gasteiger partial charge in [-0.25, -0.2) is 0 Å². The number of Topliss-reactive ketones (excluding diaryl/α,β-unsaturated/α-hetero) is 1. The van der Waals surface area contributed by atoms with Crippen molar-refractivity contribution >= 4 is 11.8 Å². The molecule has 4 nitrogen and oxygen atoms in total. The van der Waals surface area contributed by atoms with E-state index < -0.39 is 5.97 Å². The molecule has 9 heavy (non-hydrogen) atoms. The largest absolute Gasteiger partial charge is 0.481 e. The SMILES string of the molecule is CC(=O)CC(=O)O.O.[Y]. The smallest absolute Gasteiger partial charge is 0.310 e. The van der Waals surface area contributed by atoms with Crippen molar-refractivity contribution in [3.8, 4) is 0 Å². The molecule has 0 aromatic rings. The van der Waals surface area contributed by atoms with Gasteiger partial charge in [0.05, 0.1) is 0 Å². The predicted octanol–water partition coefficient (Wildman–Crippen LogP) is -0.777. The summed E-state index contributed by atoms with van der Waals surface area (Å²) in [6.45, 7) is 1.24. The van der Waals surface area contributed by atoms with E-state index in [1.807, 2.05) is 0 Å². The Morgan fingerprint density at radius 1 is 1.44 bits per heavy atom. The Hall–Kier alpha value is 0.204. The molecule has 0 aliphatic rings. The zero-order valence-corrected chi connectivity index (χ0v) is 7.89. The van der Waals surface area contributed by atoms with Gasteiger partial charge in [0.15, 0.2) is 0 Å². The van der Waals surface area contributed by atoms with Crippen molar-refractivity contribution in [2.75, 3.05) is 0 Å². The fourth-order valence-electron chi connectivity index (χ4n) is 0.213. The van der Waals surface area contributed by atoms with Crippen molar-refractivity contribution in [3.63, 3.8) is 0 Å². The molecule has 0 aliphatic heterocycles. The number of hydrogen-bond acceptors (Lipinski definition) is 2. The molecular formula is C4H8O4Y. The number of rotatable bonds is 2. The van der Waals surface area contributed by atoms with Gasteiger partial charge in [0.2, 0.25) is 0 Å². The molecule has 0 fully saturated rings. The summed E-state index contributed by atoms with van der Waals surface area (Å²) in [7, 11) is 0. The predicted molar refractivity (Wildman–Crippen MR) is 26.5 cm³/mol. The van der Waals surface area contributed by atoms with E-state index in [4.69, 9.17) is 5.11 Å². The first kappa shape index (κ1) is 16.1. The molecule has 5 heteroatoms. The van der Waals surface area contributed by atoms with Crippen LogP contribution in [0.15, 0.2) is 0 Å². The first-order valence-electron chi connectivity index (χ1n) is 1.84. The molecule has 0 saturated heterocycles. The van der Waals surface area contributed by atoms with E-state index in [1.165, 1.54) is 6.92 Å². The van der Waals surface area contributed by atoms with E-state index in [9.17, 15) is 9.59 Å². The van der Waals surface area contributed by atoms with Crippen LogP contribution >= 0.6 is 0 Å². The molecule has 3 N–H and O–H groups in total. The Morgan fingerprint density at radius 3 is 1.78 bits per heavy atom. The summed E-state index contributed by atoms with van der Waals surface area (Å²) in [5.74, 6) is -1.37. The Bertz CT molecular complexity index is 88.7. The van der Waals surface area contributed by atoms with Gasteiger partial charge in [0, 0.05) is 32.7 Å². The maximum Gasteiger partial charge on any atom is 0.310 e. The van der Waals surface area contributed by atoms with Gasteiger partial charge in [-0.2, -0.15) is 0 Å². The van der Waals surface area contributed by atoms with Crippen LogP contribution in [0, 0.1) is 0 Å². The normalized spacial score (nSPS) is 6.33. The van der Waals surface area contributed by atoms with Crippen LogP contribution in [0.1, 0.15) is 13.3 Å². The van der Waals surface area contributed by atoms with Gasteiger partial charge in [0.1, 0.15) is 12.2 Å². The number of carbonyl (C=O) groups is 2. The summed E-state index contributed by atoms with van der Waals surface area (Å²) in [5.41, 5.74) is 0. The minimum absolute atomic E-state index is 0. The van der Waals surface area contributed by atoms with E-state index >= 15 is 0 Å². The molecule has 0 aliphatic carbocycles. The van der Waals surface area contributed by atoms with Crippen LogP contribution in [0.5, 0.6) is 0 Å². The minimum Gasteiger partial charge on any atom is -0.481 e. The standard InChI is InChI=1S/C4H6O3.H2O.Y/c1-3(5)2-4(6)7;;/h2H2,1H3,(H,6,7);1H2;. The average molecular weight is 209 g/mol. The molecule has 0 aromatic heterocycles. The van der Waals surface area contributed by atoms with Crippen LogP contribution in [0.3, 0.4) is 0 Å². The zero-order valence-electron chi connectivity index (χ0n) is 5.05. The van der Waals surface area contributed by atoms with Crippen molar-refractivity contribution in [1.82, 2.24) is 0 Å². The molecule has 0 atom stereocenters. The molecule has 0 aromatic carbocycles. The molecular weight excluding hydrogens is 201 g/mol. The molecule has 0 heterocycles. The molecule has 0 bridgehead atoms. The second-order valence-electron chi connectivity index (χ2n) is 1.27. The molecule has 0 amide bonds. The minimum atomic E-state index is -1.06. The fourth-order valence-corrected chi connectivity index (χ4v) is 0.213. The third kappa shape index (κ3) is 17.9. The van der Waals surface area contributed by atoms with Crippen LogP contribution < -0.4 is 0 Å². The van der Waals surface area contributed by atoms with Gasteiger partial charge in [-0.1, -0.05) is 0 Å². The van der Waals surface area contributed by atoms with Gasteiger partial charge in [-0.05, 0) is 6.92 Å². The van der Waals surface area contributed by atoms with Crippen LogP contribution in [0.25, 0.3) is 0 Å². The molecule has 0 saturated carbocycles. The Balaban J connectivity index is -0.000000180. The summed E-state index contributed by atoms with van der Waals surface area (Å²) in [6.07, 6.45) is -0.361. The topological polar surface area (TPSA) is 85.9 Å². The summed E-state index contributed by atoms with van der Waals surface area (Å²) >= 11 is 0. The van der Waals surface area contributed by atoms with Crippen molar-refractivity contribution in [2.45, 2.75) is 13.3 Å². The maximum atomic E-state index is 9.87. The number of carboxylic acid groups (broad SMARTS) is 1. The molecule has 0 spiro atoms. The van der Waals surface area contributed by atoms with E-state index in [0.717, 1.165) is 0 Å². The Kier molecular flexibility index (Phi) is 14.7. The molecule has 51 valence electrons. The fraction of sp³-hybridized carbons (Fsp3) is 0.500. The quantitative estimate of drug-likeness (QED) is 0.605. The summed E-state index contributed by atoms with van der Waals surface area (Å²) < 4.78 is 0. The number of carbonyl (C=O) groups excluding carboxylic acids is 1. The van der Waals surface area contributed by atoms with E-state index in [1.54, 1.807) is 0 Å². The number of ketones is 1. The van der Waals surface area contributed by atoms with Crippen molar-refractivity contribution < 1.29 is 52.9 Å². The first-order valence-corrected chi connectivity index (χ1v) is 1.84. The number of carboxylic acids is 1. The van der Waals surface area contributed by atoms with Crippen LogP contribution in [-0.4, -0.2) is 22.3 Å². The van der Waals surface area contributed by atoms with Crippen molar-refractivity contribution in [2.24, 2.45) is 0 Å². The van der Waals surface area contributed by atoms with E-state index in [0.29, 0.717) is 0 Å². The molecule has 0 unspecified atom stereocenters. The zero-order chi connectivity index (χ0) is 5.86. The van der Waals surface area contributed by atoms with Gasteiger partial charge in [-0.3, -0.25) is 9.59 Å². The molecule has 0 rings (SSSR count). The van der Waals surface area contributed by atoms with Gasteiger partial charge < -0.3 is 10.6 Å². The van der Waals surface area contributed by atoms with Crippen LogP contribution in [0.2, 0.25) is 0 Å².